The lowest BCUT2D eigenvalue weighted by molar-refractivity contribution is 0.509. The molecule has 158 valence electrons. The van der Waals surface area contributed by atoms with E-state index < -0.39 is 23.3 Å². The molecule has 0 amide bonds. The predicted molar refractivity (Wildman–Crippen MR) is 117 cm³/mol. The molecule has 1 heterocycles. The first-order valence-corrected chi connectivity index (χ1v) is 9.47. The van der Waals surface area contributed by atoms with Crippen molar-refractivity contribution in [3.05, 3.63) is 108 Å². The Balaban J connectivity index is 1.94. The molecular formula is C25H15F4N3. The maximum Gasteiger partial charge on any atom is 0.166 e. The molecule has 32 heavy (non-hydrogen) atoms. The highest BCUT2D eigenvalue weighted by atomic mass is 19.2. The van der Waals surface area contributed by atoms with Crippen LogP contribution in [0, 0.1) is 23.3 Å². The van der Waals surface area contributed by atoms with Gasteiger partial charge in [-0.25, -0.2) is 27.5 Å². The Morgan fingerprint density at radius 2 is 1.53 bits per heavy atom. The third kappa shape index (κ3) is 4.18. The van der Waals surface area contributed by atoms with Gasteiger partial charge in [0.05, 0.1) is 5.69 Å². The van der Waals surface area contributed by atoms with Crippen LogP contribution >= 0.6 is 0 Å². The van der Waals surface area contributed by atoms with Crippen LogP contribution in [0.15, 0.2) is 89.1 Å². The Kier molecular flexibility index (Phi) is 5.89. The van der Waals surface area contributed by atoms with E-state index in [2.05, 4.69) is 21.7 Å². The molecule has 0 aliphatic carbocycles. The van der Waals surface area contributed by atoms with E-state index in [0.717, 1.165) is 18.2 Å². The number of aliphatic imine (C=N–C) groups is 2. The minimum Gasteiger partial charge on any atom is -0.264 e. The first kappa shape index (κ1) is 21.1. The van der Waals surface area contributed by atoms with Gasteiger partial charge in [-0.1, -0.05) is 30.3 Å². The SMILES string of the molecule is C=NC(=Nc1cc(-c2cccc(F)c2F)ccc1-c1ccc(F)c(F)c1)c1cccnc1. The van der Waals surface area contributed by atoms with E-state index in [1.807, 2.05) is 0 Å². The van der Waals surface area contributed by atoms with Crippen LogP contribution in [0.4, 0.5) is 23.2 Å². The van der Waals surface area contributed by atoms with Gasteiger partial charge < -0.3 is 0 Å². The smallest absolute Gasteiger partial charge is 0.166 e. The number of hydrogen-bond acceptors (Lipinski definition) is 2. The molecule has 0 fully saturated rings. The van der Waals surface area contributed by atoms with E-state index in [9.17, 15) is 17.6 Å². The first-order chi connectivity index (χ1) is 15.5. The third-order valence-electron chi connectivity index (χ3n) is 4.79. The molecule has 4 rings (SSSR count). The molecule has 0 saturated carbocycles. The van der Waals surface area contributed by atoms with Crippen molar-refractivity contribution >= 4 is 18.2 Å². The van der Waals surface area contributed by atoms with Crippen LogP contribution in [0.1, 0.15) is 5.56 Å². The largest absolute Gasteiger partial charge is 0.264 e. The summed E-state index contributed by atoms with van der Waals surface area (Å²) in [5.41, 5.74) is 2.02. The van der Waals surface area contributed by atoms with Crippen LogP contribution in [-0.4, -0.2) is 17.5 Å². The Bertz CT molecular complexity index is 1330. The first-order valence-electron chi connectivity index (χ1n) is 9.47. The van der Waals surface area contributed by atoms with E-state index in [1.54, 1.807) is 36.7 Å². The number of pyridine rings is 1. The van der Waals surface area contributed by atoms with Crippen molar-refractivity contribution in [2.24, 2.45) is 9.98 Å². The number of aromatic nitrogens is 1. The molecule has 3 aromatic carbocycles. The van der Waals surface area contributed by atoms with E-state index >= 15 is 0 Å². The standard InChI is InChI=1S/C25H15F4N3/c1-30-25(17-4-3-11-31-14-17)32-23-13-16(19-5-2-6-21(27)24(19)29)7-9-18(23)15-8-10-20(26)22(28)12-15/h2-14H,1H2. The van der Waals surface area contributed by atoms with Crippen LogP contribution in [0.2, 0.25) is 0 Å². The second kappa shape index (κ2) is 8.93. The van der Waals surface area contributed by atoms with Crippen molar-refractivity contribution in [2.45, 2.75) is 0 Å². The lowest BCUT2D eigenvalue weighted by Crippen LogP contribution is -1.97. The molecule has 0 aliphatic rings. The lowest BCUT2D eigenvalue weighted by Gasteiger charge is -2.12. The molecule has 4 aromatic rings. The molecule has 0 unspecified atom stereocenters. The number of hydrogen-bond donors (Lipinski definition) is 0. The summed E-state index contributed by atoms with van der Waals surface area (Å²) in [6.45, 7) is 3.54. The van der Waals surface area contributed by atoms with Gasteiger partial charge in [0.2, 0.25) is 0 Å². The summed E-state index contributed by atoms with van der Waals surface area (Å²) < 4.78 is 55.5. The van der Waals surface area contributed by atoms with E-state index in [-0.39, 0.29) is 17.1 Å². The fraction of sp³-hybridized carbons (Fsp3) is 0. The van der Waals surface area contributed by atoms with Crippen molar-refractivity contribution < 1.29 is 17.6 Å². The fourth-order valence-electron chi connectivity index (χ4n) is 3.23. The summed E-state index contributed by atoms with van der Waals surface area (Å²) in [5, 5.41) is 0. The van der Waals surface area contributed by atoms with Gasteiger partial charge in [-0.15, -0.1) is 0 Å². The normalized spacial score (nSPS) is 11.4. The molecule has 0 N–H and O–H groups in total. The highest BCUT2D eigenvalue weighted by molar-refractivity contribution is 6.03. The zero-order valence-corrected chi connectivity index (χ0v) is 16.6. The minimum absolute atomic E-state index is 0.0350. The second-order valence-corrected chi connectivity index (χ2v) is 6.80. The second-order valence-electron chi connectivity index (χ2n) is 6.80. The summed E-state index contributed by atoms with van der Waals surface area (Å²) in [5.74, 6) is -3.77. The van der Waals surface area contributed by atoms with Gasteiger partial charge in [-0.3, -0.25) is 4.98 Å². The van der Waals surface area contributed by atoms with Gasteiger partial charge in [-0.2, -0.15) is 0 Å². The van der Waals surface area contributed by atoms with Crippen molar-refractivity contribution in [1.29, 1.82) is 0 Å². The monoisotopic (exact) mass is 433 g/mol. The summed E-state index contributed by atoms with van der Waals surface area (Å²) in [4.78, 5) is 12.5. The zero-order chi connectivity index (χ0) is 22.7. The van der Waals surface area contributed by atoms with E-state index in [0.29, 0.717) is 22.3 Å². The maximum atomic E-state index is 14.4. The number of amidine groups is 1. The summed E-state index contributed by atoms with van der Waals surface area (Å²) in [6, 6.07) is 15.4. The Hall–Kier alpha value is -4.13. The molecule has 0 aliphatic heterocycles. The summed E-state index contributed by atoms with van der Waals surface area (Å²) >= 11 is 0. The predicted octanol–water partition coefficient (Wildman–Crippen LogP) is 6.75. The molecule has 0 atom stereocenters. The molecule has 0 bridgehead atoms. The Morgan fingerprint density at radius 3 is 2.25 bits per heavy atom. The van der Waals surface area contributed by atoms with E-state index in [4.69, 9.17) is 0 Å². The number of nitrogens with zero attached hydrogens (tertiary/aromatic N) is 3. The highest BCUT2D eigenvalue weighted by Gasteiger charge is 2.15. The van der Waals surface area contributed by atoms with Crippen LogP contribution < -0.4 is 0 Å². The highest BCUT2D eigenvalue weighted by Crippen LogP contribution is 2.36. The van der Waals surface area contributed by atoms with Gasteiger partial charge in [0.1, 0.15) is 0 Å². The molecule has 7 heteroatoms. The summed E-state index contributed by atoms with van der Waals surface area (Å²) in [6.07, 6.45) is 3.13. The van der Waals surface area contributed by atoms with Gasteiger partial charge in [0.15, 0.2) is 29.1 Å². The van der Waals surface area contributed by atoms with Crippen LogP contribution in [0.5, 0.6) is 0 Å². The zero-order valence-electron chi connectivity index (χ0n) is 16.6. The van der Waals surface area contributed by atoms with Crippen LogP contribution in [0.3, 0.4) is 0 Å². The Morgan fingerprint density at radius 1 is 0.750 bits per heavy atom. The number of rotatable bonds is 4. The third-order valence-corrected chi connectivity index (χ3v) is 4.79. The fourth-order valence-corrected chi connectivity index (χ4v) is 3.23. The van der Waals surface area contributed by atoms with E-state index in [1.165, 1.54) is 24.3 Å². The number of halogens is 4. The molecule has 0 saturated heterocycles. The molecular weight excluding hydrogens is 418 g/mol. The molecule has 3 nitrogen and oxygen atoms in total. The van der Waals surface area contributed by atoms with Crippen molar-refractivity contribution in [1.82, 2.24) is 4.98 Å². The van der Waals surface area contributed by atoms with Crippen molar-refractivity contribution in [3.63, 3.8) is 0 Å². The maximum absolute atomic E-state index is 14.4. The molecule has 1 aromatic heterocycles. The Labute approximate surface area is 181 Å². The molecule has 0 radical (unpaired) electrons. The lowest BCUT2D eigenvalue weighted by atomic mass is 9.97. The van der Waals surface area contributed by atoms with Gasteiger partial charge in [-0.05, 0) is 54.2 Å². The van der Waals surface area contributed by atoms with Crippen LogP contribution in [0.25, 0.3) is 22.3 Å². The average Bonchev–Trinajstić information content (AvgIpc) is 2.81. The van der Waals surface area contributed by atoms with Gasteiger partial charge in [0.25, 0.3) is 0 Å². The average molecular weight is 433 g/mol. The topological polar surface area (TPSA) is 37.6 Å². The van der Waals surface area contributed by atoms with Gasteiger partial charge in [0, 0.05) is 29.1 Å². The van der Waals surface area contributed by atoms with Crippen molar-refractivity contribution in [3.8, 4) is 22.3 Å². The quantitative estimate of drug-likeness (QED) is 0.199. The van der Waals surface area contributed by atoms with Crippen LogP contribution in [-0.2, 0) is 0 Å². The van der Waals surface area contributed by atoms with Crippen molar-refractivity contribution in [2.75, 3.05) is 0 Å². The molecule has 0 spiro atoms. The number of benzene rings is 3. The summed E-state index contributed by atoms with van der Waals surface area (Å²) in [7, 11) is 0. The van der Waals surface area contributed by atoms with Gasteiger partial charge >= 0.3 is 0 Å². The minimum atomic E-state index is -1.02.